The minimum Gasteiger partial charge on any atom is -0.495 e. The number of amides is 1. The van der Waals surface area contributed by atoms with Crippen LogP contribution in [-0.4, -0.2) is 13.0 Å². The summed E-state index contributed by atoms with van der Waals surface area (Å²) >= 11 is 7.33. The average Bonchev–Trinajstić information content (AvgIpc) is 3.10. The standard InChI is InChI=1S/C20H18ClNO3S/c1-13-9-15(21)7-8-17(13)25-11-14-10-19(26-12-14)20(23)22-16-5-3-4-6-18(16)24-2/h3-10,12H,11H2,1-2H3,(H,22,23). The zero-order chi connectivity index (χ0) is 18.5. The summed E-state index contributed by atoms with van der Waals surface area (Å²) in [5.41, 5.74) is 2.55. The van der Waals surface area contributed by atoms with Crippen molar-refractivity contribution in [2.45, 2.75) is 13.5 Å². The van der Waals surface area contributed by atoms with E-state index in [0.29, 0.717) is 27.9 Å². The fourth-order valence-electron chi connectivity index (χ4n) is 2.44. The Morgan fingerprint density at radius 2 is 1.96 bits per heavy atom. The van der Waals surface area contributed by atoms with Crippen LogP contribution in [-0.2, 0) is 6.61 Å². The molecule has 0 aliphatic heterocycles. The third-order valence-electron chi connectivity index (χ3n) is 3.76. The Morgan fingerprint density at radius 3 is 2.73 bits per heavy atom. The molecule has 1 aromatic heterocycles. The number of ether oxygens (including phenoxy) is 2. The van der Waals surface area contributed by atoms with E-state index in [1.165, 1.54) is 11.3 Å². The summed E-state index contributed by atoms with van der Waals surface area (Å²) in [6, 6.07) is 14.6. The van der Waals surface area contributed by atoms with E-state index in [0.717, 1.165) is 16.9 Å². The molecule has 1 amide bonds. The molecule has 0 aliphatic carbocycles. The number of thiophene rings is 1. The Bertz CT molecular complexity index is 923. The second-order valence-corrected chi connectivity index (χ2v) is 7.02. The maximum atomic E-state index is 12.4. The number of anilines is 1. The number of benzene rings is 2. The van der Waals surface area contributed by atoms with Gasteiger partial charge in [-0.1, -0.05) is 23.7 Å². The van der Waals surface area contributed by atoms with Crippen LogP contribution in [0.25, 0.3) is 0 Å². The number of nitrogens with one attached hydrogen (secondary N) is 1. The first-order valence-corrected chi connectivity index (χ1v) is 9.23. The molecule has 4 nitrogen and oxygen atoms in total. The van der Waals surface area contributed by atoms with Crippen molar-refractivity contribution in [3.8, 4) is 11.5 Å². The molecule has 0 aliphatic rings. The Balaban J connectivity index is 1.64. The van der Waals surface area contributed by atoms with E-state index < -0.39 is 0 Å². The molecule has 26 heavy (non-hydrogen) atoms. The van der Waals surface area contributed by atoms with Gasteiger partial charge in [-0.25, -0.2) is 0 Å². The molecule has 3 rings (SSSR count). The Hall–Kier alpha value is -2.50. The van der Waals surface area contributed by atoms with Gasteiger partial charge in [-0.05, 0) is 54.3 Å². The number of halogens is 1. The molecule has 0 unspecified atom stereocenters. The van der Waals surface area contributed by atoms with Gasteiger partial charge in [0.15, 0.2) is 0 Å². The molecule has 0 atom stereocenters. The summed E-state index contributed by atoms with van der Waals surface area (Å²) in [6.45, 7) is 2.34. The first-order chi connectivity index (χ1) is 12.6. The van der Waals surface area contributed by atoms with Crippen molar-refractivity contribution in [2.75, 3.05) is 12.4 Å². The molecule has 0 fully saturated rings. The molecule has 2 aromatic carbocycles. The van der Waals surface area contributed by atoms with E-state index >= 15 is 0 Å². The number of methoxy groups -OCH3 is 1. The van der Waals surface area contributed by atoms with Crippen molar-refractivity contribution in [3.05, 3.63) is 74.9 Å². The first kappa shape index (κ1) is 18.3. The lowest BCUT2D eigenvalue weighted by Crippen LogP contribution is -2.11. The summed E-state index contributed by atoms with van der Waals surface area (Å²) in [4.78, 5) is 13.1. The highest BCUT2D eigenvalue weighted by molar-refractivity contribution is 7.12. The third-order valence-corrected chi connectivity index (χ3v) is 4.98. The predicted molar refractivity (Wildman–Crippen MR) is 106 cm³/mol. The molecule has 1 heterocycles. The van der Waals surface area contributed by atoms with Gasteiger partial charge in [0.25, 0.3) is 5.91 Å². The van der Waals surface area contributed by atoms with Gasteiger partial charge in [0.2, 0.25) is 0 Å². The van der Waals surface area contributed by atoms with Gasteiger partial charge in [-0.15, -0.1) is 11.3 Å². The van der Waals surface area contributed by atoms with Crippen molar-refractivity contribution in [1.82, 2.24) is 0 Å². The predicted octanol–water partition coefficient (Wildman–Crippen LogP) is 5.55. The highest BCUT2D eigenvalue weighted by atomic mass is 35.5. The molecule has 1 N–H and O–H groups in total. The summed E-state index contributed by atoms with van der Waals surface area (Å²) in [5, 5.41) is 5.47. The SMILES string of the molecule is COc1ccccc1NC(=O)c1cc(COc2ccc(Cl)cc2C)cs1. The second kappa shape index (κ2) is 8.25. The van der Waals surface area contributed by atoms with E-state index in [4.69, 9.17) is 21.1 Å². The van der Waals surface area contributed by atoms with E-state index in [1.54, 1.807) is 25.3 Å². The van der Waals surface area contributed by atoms with E-state index in [9.17, 15) is 4.79 Å². The zero-order valence-corrected chi connectivity index (χ0v) is 16.0. The normalized spacial score (nSPS) is 10.4. The summed E-state index contributed by atoms with van der Waals surface area (Å²) in [7, 11) is 1.57. The maximum absolute atomic E-state index is 12.4. The number of rotatable bonds is 6. The molecule has 6 heteroatoms. The van der Waals surface area contributed by atoms with Crippen LogP contribution in [0, 0.1) is 6.92 Å². The van der Waals surface area contributed by atoms with Crippen molar-refractivity contribution in [3.63, 3.8) is 0 Å². The minimum atomic E-state index is -0.173. The lowest BCUT2D eigenvalue weighted by molar-refractivity contribution is 0.103. The van der Waals surface area contributed by atoms with Gasteiger partial charge in [-0.3, -0.25) is 4.79 Å². The van der Waals surface area contributed by atoms with Gasteiger partial charge in [0.1, 0.15) is 18.1 Å². The van der Waals surface area contributed by atoms with Crippen LogP contribution in [0.3, 0.4) is 0 Å². The second-order valence-electron chi connectivity index (χ2n) is 5.67. The van der Waals surface area contributed by atoms with Crippen LogP contribution in [0.5, 0.6) is 11.5 Å². The van der Waals surface area contributed by atoms with Crippen molar-refractivity contribution < 1.29 is 14.3 Å². The molecular weight excluding hydrogens is 370 g/mol. The van der Waals surface area contributed by atoms with E-state index in [1.807, 2.05) is 42.6 Å². The topological polar surface area (TPSA) is 47.6 Å². The van der Waals surface area contributed by atoms with Gasteiger partial charge in [0.05, 0.1) is 17.7 Å². The number of hydrogen-bond donors (Lipinski definition) is 1. The molecule has 0 saturated carbocycles. The third kappa shape index (κ3) is 4.36. The zero-order valence-electron chi connectivity index (χ0n) is 14.4. The number of para-hydroxylation sites is 2. The Kier molecular flexibility index (Phi) is 5.81. The monoisotopic (exact) mass is 387 g/mol. The van der Waals surface area contributed by atoms with Crippen LogP contribution in [0.1, 0.15) is 20.8 Å². The molecule has 0 spiro atoms. The number of aryl methyl sites for hydroxylation is 1. The number of carbonyl (C=O) groups is 1. The quantitative estimate of drug-likeness (QED) is 0.603. The van der Waals surface area contributed by atoms with Gasteiger partial charge in [-0.2, -0.15) is 0 Å². The fourth-order valence-corrected chi connectivity index (χ4v) is 3.46. The molecule has 3 aromatic rings. The van der Waals surface area contributed by atoms with Crippen molar-refractivity contribution in [2.24, 2.45) is 0 Å². The van der Waals surface area contributed by atoms with Gasteiger partial charge >= 0.3 is 0 Å². The highest BCUT2D eigenvalue weighted by Crippen LogP contribution is 2.26. The van der Waals surface area contributed by atoms with Crippen molar-refractivity contribution >= 4 is 34.5 Å². The number of carbonyl (C=O) groups excluding carboxylic acids is 1. The summed E-state index contributed by atoms with van der Waals surface area (Å²) in [6.07, 6.45) is 0. The molecule has 0 saturated heterocycles. The van der Waals surface area contributed by atoms with Crippen LogP contribution in [0.15, 0.2) is 53.9 Å². The lowest BCUT2D eigenvalue weighted by atomic mass is 10.2. The Morgan fingerprint density at radius 1 is 1.15 bits per heavy atom. The van der Waals surface area contributed by atoms with Crippen molar-refractivity contribution in [1.29, 1.82) is 0 Å². The largest absolute Gasteiger partial charge is 0.495 e. The highest BCUT2D eigenvalue weighted by Gasteiger charge is 2.12. The molecular formula is C20H18ClNO3S. The van der Waals surface area contributed by atoms with Crippen LogP contribution < -0.4 is 14.8 Å². The molecule has 0 bridgehead atoms. The first-order valence-electron chi connectivity index (χ1n) is 7.97. The van der Waals surface area contributed by atoms with Crippen LogP contribution in [0.4, 0.5) is 5.69 Å². The minimum absolute atomic E-state index is 0.173. The smallest absolute Gasteiger partial charge is 0.265 e. The summed E-state index contributed by atoms with van der Waals surface area (Å²) in [5.74, 6) is 1.23. The fraction of sp³-hybridized carbons (Fsp3) is 0.150. The Labute approximate surface area is 161 Å². The average molecular weight is 388 g/mol. The summed E-state index contributed by atoms with van der Waals surface area (Å²) < 4.78 is 11.1. The number of hydrogen-bond acceptors (Lipinski definition) is 4. The van der Waals surface area contributed by atoms with Gasteiger partial charge < -0.3 is 14.8 Å². The van der Waals surface area contributed by atoms with E-state index in [-0.39, 0.29) is 5.91 Å². The van der Waals surface area contributed by atoms with E-state index in [2.05, 4.69) is 5.32 Å². The lowest BCUT2D eigenvalue weighted by Gasteiger charge is -2.09. The maximum Gasteiger partial charge on any atom is 0.265 e. The van der Waals surface area contributed by atoms with Crippen LogP contribution >= 0.6 is 22.9 Å². The molecule has 134 valence electrons. The van der Waals surface area contributed by atoms with Gasteiger partial charge in [0, 0.05) is 10.6 Å². The molecule has 0 radical (unpaired) electrons. The van der Waals surface area contributed by atoms with Crippen LogP contribution in [0.2, 0.25) is 5.02 Å².